The van der Waals surface area contributed by atoms with Crippen LogP contribution in [0, 0.1) is 0 Å². The average Bonchev–Trinajstić information content (AvgIpc) is 2.69. The minimum absolute atomic E-state index is 0.346. The minimum Gasteiger partial charge on any atom is -0.474 e. The maximum atomic E-state index is 11.8. The maximum absolute atomic E-state index is 11.8. The van der Waals surface area contributed by atoms with Gasteiger partial charge in [0, 0.05) is 0 Å². The molecule has 7 heteroatoms. The second-order valence-corrected chi connectivity index (χ2v) is 2.96. The highest BCUT2D eigenvalue weighted by molar-refractivity contribution is 5.93. The van der Waals surface area contributed by atoms with E-state index in [4.69, 9.17) is 4.74 Å². The van der Waals surface area contributed by atoms with Crippen molar-refractivity contribution in [2.75, 3.05) is 13.2 Å². The SMILES string of the molecule is FC(F)(F)Oc1ccc(C2=NCCO2)nc1. The molecule has 0 atom stereocenters. The molecule has 0 bridgehead atoms. The number of hydrogen-bond acceptors (Lipinski definition) is 4. The lowest BCUT2D eigenvalue weighted by atomic mass is 10.3. The molecule has 0 spiro atoms. The molecule has 0 radical (unpaired) electrons. The molecule has 4 nitrogen and oxygen atoms in total. The van der Waals surface area contributed by atoms with Gasteiger partial charge in [-0.1, -0.05) is 0 Å². The summed E-state index contributed by atoms with van der Waals surface area (Å²) in [4.78, 5) is 7.74. The summed E-state index contributed by atoms with van der Waals surface area (Å²) in [6.07, 6.45) is -3.72. The molecule has 0 amide bonds. The van der Waals surface area contributed by atoms with Crippen LogP contribution in [0.25, 0.3) is 0 Å². The van der Waals surface area contributed by atoms with Crippen LogP contribution >= 0.6 is 0 Å². The lowest BCUT2D eigenvalue weighted by molar-refractivity contribution is -0.274. The van der Waals surface area contributed by atoms with Gasteiger partial charge >= 0.3 is 6.36 Å². The fraction of sp³-hybridized carbons (Fsp3) is 0.333. The van der Waals surface area contributed by atoms with Crippen molar-refractivity contribution in [3.8, 4) is 5.75 Å². The molecule has 1 aliphatic rings. The van der Waals surface area contributed by atoms with Crippen LogP contribution in [0.2, 0.25) is 0 Å². The first-order valence-electron chi connectivity index (χ1n) is 4.44. The summed E-state index contributed by atoms with van der Waals surface area (Å²) in [5.74, 6) is -0.0200. The quantitative estimate of drug-likeness (QED) is 0.780. The highest BCUT2D eigenvalue weighted by Crippen LogP contribution is 2.21. The molecule has 16 heavy (non-hydrogen) atoms. The van der Waals surface area contributed by atoms with E-state index in [2.05, 4.69) is 14.7 Å². The van der Waals surface area contributed by atoms with Gasteiger partial charge in [0.2, 0.25) is 5.90 Å². The molecule has 86 valence electrons. The number of rotatable bonds is 2. The molecular weight excluding hydrogens is 225 g/mol. The van der Waals surface area contributed by atoms with Crippen molar-refractivity contribution in [1.29, 1.82) is 0 Å². The fourth-order valence-electron chi connectivity index (χ4n) is 1.19. The molecule has 0 fully saturated rings. The van der Waals surface area contributed by atoms with E-state index in [9.17, 15) is 13.2 Å². The van der Waals surface area contributed by atoms with Crippen LogP contribution in [-0.4, -0.2) is 30.4 Å². The van der Waals surface area contributed by atoms with Crippen LogP contribution in [-0.2, 0) is 4.74 Å². The number of halogens is 3. The first-order valence-corrected chi connectivity index (χ1v) is 4.44. The van der Waals surface area contributed by atoms with E-state index in [-0.39, 0.29) is 5.75 Å². The van der Waals surface area contributed by atoms with Crippen molar-refractivity contribution < 1.29 is 22.6 Å². The third-order valence-corrected chi connectivity index (χ3v) is 1.77. The second-order valence-electron chi connectivity index (χ2n) is 2.96. The topological polar surface area (TPSA) is 43.7 Å². The smallest absolute Gasteiger partial charge is 0.474 e. The Hall–Kier alpha value is -1.79. The molecule has 1 aromatic heterocycles. The Balaban J connectivity index is 2.10. The molecule has 0 N–H and O–H groups in total. The molecule has 1 aliphatic heterocycles. The normalized spacial score (nSPS) is 15.6. The summed E-state index contributed by atoms with van der Waals surface area (Å²) in [7, 11) is 0. The molecule has 1 aromatic rings. The average molecular weight is 232 g/mol. The Kier molecular flexibility index (Phi) is 2.67. The summed E-state index contributed by atoms with van der Waals surface area (Å²) in [6.45, 7) is 1.01. The second kappa shape index (κ2) is 3.99. The number of nitrogens with zero attached hydrogens (tertiary/aromatic N) is 2. The van der Waals surface area contributed by atoms with Crippen molar-refractivity contribution >= 4 is 5.90 Å². The Labute approximate surface area is 88.7 Å². The van der Waals surface area contributed by atoms with Gasteiger partial charge in [-0.05, 0) is 12.1 Å². The molecule has 0 aromatic carbocycles. The molecule has 2 heterocycles. The molecule has 0 aliphatic carbocycles. The van der Waals surface area contributed by atoms with Crippen LogP contribution in [0.4, 0.5) is 13.2 Å². The van der Waals surface area contributed by atoms with Gasteiger partial charge in [0.05, 0.1) is 12.7 Å². The number of aromatic nitrogens is 1. The van der Waals surface area contributed by atoms with Crippen LogP contribution in [0.3, 0.4) is 0 Å². The predicted octanol–water partition coefficient (Wildman–Crippen LogP) is 1.76. The van der Waals surface area contributed by atoms with Gasteiger partial charge in [-0.2, -0.15) is 0 Å². The maximum Gasteiger partial charge on any atom is 0.573 e. The summed E-state index contributed by atoms with van der Waals surface area (Å²) < 4.78 is 44.3. The number of alkyl halides is 3. The lowest BCUT2D eigenvalue weighted by Crippen LogP contribution is -2.17. The van der Waals surface area contributed by atoms with Gasteiger partial charge in [0.1, 0.15) is 18.1 Å². The number of aliphatic imine (C=N–C) groups is 1. The Morgan fingerprint density at radius 2 is 2.12 bits per heavy atom. The van der Waals surface area contributed by atoms with Crippen molar-refractivity contribution in [3.63, 3.8) is 0 Å². The highest BCUT2D eigenvalue weighted by Gasteiger charge is 2.31. The van der Waals surface area contributed by atoms with Crippen molar-refractivity contribution in [2.45, 2.75) is 6.36 Å². The minimum atomic E-state index is -4.70. The fourth-order valence-corrected chi connectivity index (χ4v) is 1.19. The summed E-state index contributed by atoms with van der Waals surface area (Å²) >= 11 is 0. The number of ether oxygens (including phenoxy) is 2. The first kappa shape index (κ1) is 10.7. The Morgan fingerprint density at radius 3 is 2.62 bits per heavy atom. The van der Waals surface area contributed by atoms with E-state index in [1.54, 1.807) is 0 Å². The zero-order valence-electron chi connectivity index (χ0n) is 7.99. The van der Waals surface area contributed by atoms with Gasteiger partial charge in [-0.25, -0.2) is 9.98 Å². The largest absolute Gasteiger partial charge is 0.573 e. The van der Waals surface area contributed by atoms with Gasteiger partial charge < -0.3 is 9.47 Å². The molecule has 0 saturated heterocycles. The van der Waals surface area contributed by atoms with Crippen LogP contribution < -0.4 is 4.74 Å². The molecular formula is C9H7F3N2O2. The van der Waals surface area contributed by atoms with Crippen molar-refractivity contribution in [1.82, 2.24) is 4.98 Å². The standard InChI is InChI=1S/C9H7F3N2O2/c10-9(11,12)16-6-1-2-7(14-5-6)8-13-3-4-15-8/h1-2,5H,3-4H2. The Morgan fingerprint density at radius 1 is 1.31 bits per heavy atom. The van der Waals surface area contributed by atoms with Crippen LogP contribution in [0.5, 0.6) is 5.75 Å². The van der Waals surface area contributed by atoms with E-state index >= 15 is 0 Å². The van der Waals surface area contributed by atoms with Crippen LogP contribution in [0.1, 0.15) is 5.69 Å². The zero-order valence-corrected chi connectivity index (χ0v) is 7.99. The summed E-state index contributed by atoms with van der Waals surface area (Å²) in [6, 6.07) is 2.53. The van der Waals surface area contributed by atoms with Gasteiger partial charge in [0.15, 0.2) is 0 Å². The predicted molar refractivity (Wildman–Crippen MR) is 48.3 cm³/mol. The van der Waals surface area contributed by atoms with E-state index in [1.165, 1.54) is 12.1 Å². The van der Waals surface area contributed by atoms with Crippen molar-refractivity contribution in [3.05, 3.63) is 24.0 Å². The third kappa shape index (κ3) is 2.62. The first-order chi connectivity index (χ1) is 7.54. The van der Waals surface area contributed by atoms with Gasteiger partial charge in [-0.3, -0.25) is 0 Å². The molecule has 0 saturated carbocycles. The summed E-state index contributed by atoms with van der Waals surface area (Å²) in [5, 5.41) is 0. The lowest BCUT2D eigenvalue weighted by Gasteiger charge is -2.08. The van der Waals surface area contributed by atoms with E-state index in [1.807, 2.05) is 0 Å². The van der Waals surface area contributed by atoms with Crippen molar-refractivity contribution in [2.24, 2.45) is 4.99 Å². The molecule has 2 rings (SSSR count). The van der Waals surface area contributed by atoms with E-state index in [0.29, 0.717) is 24.7 Å². The number of hydrogen-bond donors (Lipinski definition) is 0. The van der Waals surface area contributed by atoms with Crippen LogP contribution in [0.15, 0.2) is 23.3 Å². The van der Waals surface area contributed by atoms with E-state index in [0.717, 1.165) is 6.20 Å². The van der Waals surface area contributed by atoms with Gasteiger partial charge in [0.25, 0.3) is 0 Å². The molecule has 0 unspecified atom stereocenters. The monoisotopic (exact) mass is 232 g/mol. The highest BCUT2D eigenvalue weighted by atomic mass is 19.4. The number of pyridine rings is 1. The summed E-state index contributed by atoms with van der Waals surface area (Å²) in [5.41, 5.74) is 0.395. The Bertz CT molecular complexity index is 400. The van der Waals surface area contributed by atoms with Gasteiger partial charge in [-0.15, -0.1) is 13.2 Å². The zero-order chi connectivity index (χ0) is 11.6. The third-order valence-electron chi connectivity index (χ3n) is 1.77. The van der Waals surface area contributed by atoms with E-state index < -0.39 is 6.36 Å².